The fourth-order valence-electron chi connectivity index (χ4n) is 4.06. The number of imidazole rings is 1. The first kappa shape index (κ1) is 23.0. The first-order valence-corrected chi connectivity index (χ1v) is 11.7. The van der Waals surface area contributed by atoms with Crippen LogP contribution in [0.15, 0.2) is 65.8 Å². The van der Waals surface area contributed by atoms with Gasteiger partial charge in [-0.3, -0.25) is 9.78 Å². The summed E-state index contributed by atoms with van der Waals surface area (Å²) in [7, 11) is 0. The molecule has 172 valence electrons. The number of hydrogen-bond donors (Lipinski definition) is 2. The first-order valence-electron chi connectivity index (χ1n) is 10.9. The molecule has 0 aliphatic carbocycles. The molecule has 9 heteroatoms. The molecular weight excluding hydrogens is 486 g/mol. The third-order valence-corrected chi connectivity index (χ3v) is 6.28. The van der Waals surface area contributed by atoms with Crippen LogP contribution in [0, 0.1) is 5.92 Å². The van der Waals surface area contributed by atoms with Crippen LogP contribution < -0.4 is 10.2 Å². The van der Waals surface area contributed by atoms with Gasteiger partial charge < -0.3 is 19.9 Å². The van der Waals surface area contributed by atoms with Crippen molar-refractivity contribution in [2.75, 3.05) is 18.0 Å². The standard InChI is InChI=1S/C24H26BrN5O3/c25-19-10-21(13-26-12-19)30-8-6-18(7-9-30)23(31)28-22(24(32)33)11-20-15-29(16-27-20)14-17-4-2-1-3-5-17/h1-5,10,12-13,15-16,18,22H,6-9,11,14H2,(H,28,31)(H,32,33)/t22-/m0/s1. The minimum absolute atomic E-state index is 0.144. The third kappa shape index (κ3) is 6.19. The quantitative estimate of drug-likeness (QED) is 0.481. The average Bonchev–Trinajstić information content (AvgIpc) is 3.26. The highest BCUT2D eigenvalue weighted by atomic mass is 79.9. The van der Waals surface area contributed by atoms with Crippen molar-refractivity contribution in [3.05, 3.63) is 77.0 Å². The lowest BCUT2D eigenvalue weighted by Gasteiger charge is -2.33. The Balaban J connectivity index is 1.31. The minimum Gasteiger partial charge on any atom is -0.480 e. The van der Waals surface area contributed by atoms with E-state index in [-0.39, 0.29) is 18.2 Å². The number of aromatic nitrogens is 3. The summed E-state index contributed by atoms with van der Waals surface area (Å²) in [6, 6.07) is 11.0. The number of carboxylic acid groups (broad SMARTS) is 1. The number of anilines is 1. The largest absolute Gasteiger partial charge is 0.480 e. The van der Waals surface area contributed by atoms with Gasteiger partial charge in [-0.1, -0.05) is 30.3 Å². The van der Waals surface area contributed by atoms with Crippen molar-refractivity contribution in [1.29, 1.82) is 0 Å². The Bertz CT molecular complexity index is 1100. The molecule has 4 rings (SSSR count). The van der Waals surface area contributed by atoms with E-state index in [1.54, 1.807) is 12.5 Å². The number of aliphatic carboxylic acids is 1. The van der Waals surface area contributed by atoms with Crippen molar-refractivity contribution < 1.29 is 14.7 Å². The Morgan fingerprint density at radius 1 is 1.18 bits per heavy atom. The van der Waals surface area contributed by atoms with Crippen molar-refractivity contribution in [2.45, 2.75) is 31.8 Å². The summed E-state index contributed by atoms with van der Waals surface area (Å²) in [5, 5.41) is 12.4. The maximum Gasteiger partial charge on any atom is 0.326 e. The van der Waals surface area contributed by atoms with Crippen LogP contribution >= 0.6 is 15.9 Å². The van der Waals surface area contributed by atoms with Crippen molar-refractivity contribution in [1.82, 2.24) is 19.9 Å². The highest BCUT2D eigenvalue weighted by Gasteiger charge is 2.29. The lowest BCUT2D eigenvalue weighted by Crippen LogP contribution is -2.47. The van der Waals surface area contributed by atoms with Gasteiger partial charge in [0.1, 0.15) is 6.04 Å². The van der Waals surface area contributed by atoms with Crippen LogP contribution in [0.5, 0.6) is 0 Å². The van der Waals surface area contributed by atoms with Gasteiger partial charge in [0.2, 0.25) is 5.91 Å². The summed E-state index contributed by atoms with van der Waals surface area (Å²) in [5.74, 6) is -1.48. The molecule has 1 aliphatic rings. The highest BCUT2D eigenvalue weighted by Crippen LogP contribution is 2.25. The van der Waals surface area contributed by atoms with Gasteiger partial charge in [-0.05, 0) is 40.4 Å². The summed E-state index contributed by atoms with van der Waals surface area (Å²) in [6.07, 6.45) is 8.54. The SMILES string of the molecule is O=C(N[C@@H](Cc1cn(Cc2ccccc2)cn1)C(=O)O)C1CCN(c2cncc(Br)c2)CC1. The average molecular weight is 512 g/mol. The fraction of sp³-hybridized carbons (Fsp3) is 0.333. The highest BCUT2D eigenvalue weighted by molar-refractivity contribution is 9.10. The smallest absolute Gasteiger partial charge is 0.326 e. The number of benzene rings is 1. The van der Waals surface area contributed by atoms with Crippen molar-refractivity contribution in [3.8, 4) is 0 Å². The number of nitrogens with one attached hydrogen (secondary N) is 1. The number of carbonyl (C=O) groups is 2. The molecule has 2 aromatic heterocycles. The molecule has 33 heavy (non-hydrogen) atoms. The minimum atomic E-state index is -1.06. The summed E-state index contributed by atoms with van der Waals surface area (Å²) in [4.78, 5) is 35.4. The molecule has 1 atom stereocenters. The Kier molecular flexibility index (Phi) is 7.39. The Labute approximate surface area is 200 Å². The van der Waals surface area contributed by atoms with E-state index in [2.05, 4.69) is 36.1 Å². The molecule has 1 amide bonds. The van der Waals surface area contributed by atoms with Gasteiger partial charge in [0.05, 0.1) is 23.9 Å². The molecule has 0 saturated carbocycles. The zero-order valence-electron chi connectivity index (χ0n) is 18.1. The van der Waals surface area contributed by atoms with E-state index in [1.165, 1.54) is 0 Å². The van der Waals surface area contributed by atoms with Crippen LogP contribution in [0.3, 0.4) is 0 Å². The second-order valence-electron chi connectivity index (χ2n) is 8.25. The van der Waals surface area contributed by atoms with E-state index in [0.717, 1.165) is 28.8 Å². The number of rotatable bonds is 8. The monoisotopic (exact) mass is 511 g/mol. The molecule has 3 heterocycles. The van der Waals surface area contributed by atoms with E-state index in [9.17, 15) is 14.7 Å². The molecule has 0 bridgehead atoms. The number of hydrogen-bond acceptors (Lipinski definition) is 5. The molecule has 0 radical (unpaired) electrons. The van der Waals surface area contributed by atoms with Crippen LogP contribution in [-0.2, 0) is 22.6 Å². The maximum atomic E-state index is 12.8. The summed E-state index contributed by atoms with van der Waals surface area (Å²) >= 11 is 3.43. The second-order valence-corrected chi connectivity index (χ2v) is 9.16. The molecule has 1 saturated heterocycles. The second kappa shape index (κ2) is 10.6. The van der Waals surface area contributed by atoms with Crippen molar-refractivity contribution in [2.24, 2.45) is 5.92 Å². The van der Waals surface area contributed by atoms with Gasteiger partial charge in [-0.25, -0.2) is 9.78 Å². The van der Waals surface area contributed by atoms with Crippen LogP contribution in [0.25, 0.3) is 0 Å². The first-order chi connectivity index (χ1) is 16.0. The van der Waals surface area contributed by atoms with E-state index in [1.807, 2.05) is 53.4 Å². The van der Waals surface area contributed by atoms with Gasteiger partial charge in [0.25, 0.3) is 0 Å². The van der Waals surface area contributed by atoms with E-state index >= 15 is 0 Å². The van der Waals surface area contributed by atoms with Gasteiger partial charge in [-0.15, -0.1) is 0 Å². The molecule has 8 nitrogen and oxygen atoms in total. The summed E-state index contributed by atoms with van der Waals surface area (Å²) in [5.41, 5.74) is 2.78. The molecule has 0 spiro atoms. The summed E-state index contributed by atoms with van der Waals surface area (Å²) < 4.78 is 2.83. The Morgan fingerprint density at radius 2 is 1.94 bits per heavy atom. The van der Waals surface area contributed by atoms with E-state index in [0.29, 0.717) is 25.1 Å². The van der Waals surface area contributed by atoms with E-state index in [4.69, 9.17) is 0 Å². The van der Waals surface area contributed by atoms with Crippen molar-refractivity contribution >= 4 is 33.5 Å². The fourth-order valence-corrected chi connectivity index (χ4v) is 4.42. The van der Waals surface area contributed by atoms with E-state index < -0.39 is 12.0 Å². The topological polar surface area (TPSA) is 100 Å². The maximum absolute atomic E-state index is 12.8. The number of piperidine rings is 1. The number of halogens is 1. The van der Waals surface area contributed by atoms with Gasteiger partial charge in [0.15, 0.2) is 0 Å². The lowest BCUT2D eigenvalue weighted by molar-refractivity contribution is -0.142. The molecule has 2 N–H and O–H groups in total. The number of carboxylic acids is 1. The third-order valence-electron chi connectivity index (χ3n) is 5.84. The number of nitrogens with zero attached hydrogens (tertiary/aromatic N) is 4. The van der Waals surface area contributed by atoms with Crippen LogP contribution in [0.1, 0.15) is 24.1 Å². The van der Waals surface area contributed by atoms with Gasteiger partial charge >= 0.3 is 5.97 Å². The molecule has 1 aromatic carbocycles. The summed E-state index contributed by atoms with van der Waals surface area (Å²) in [6.45, 7) is 2.10. The van der Waals surface area contributed by atoms with Crippen LogP contribution in [0.4, 0.5) is 5.69 Å². The zero-order valence-corrected chi connectivity index (χ0v) is 19.7. The molecule has 1 aliphatic heterocycles. The number of amides is 1. The number of pyridine rings is 1. The predicted octanol–water partition coefficient (Wildman–Crippen LogP) is 3.12. The van der Waals surface area contributed by atoms with Crippen molar-refractivity contribution in [3.63, 3.8) is 0 Å². The van der Waals surface area contributed by atoms with Crippen LogP contribution in [-0.4, -0.2) is 50.6 Å². The molecule has 0 unspecified atom stereocenters. The predicted molar refractivity (Wildman–Crippen MR) is 128 cm³/mol. The van der Waals surface area contributed by atoms with Gasteiger partial charge in [-0.2, -0.15) is 0 Å². The Morgan fingerprint density at radius 3 is 2.64 bits per heavy atom. The number of carbonyl (C=O) groups excluding carboxylic acids is 1. The lowest BCUT2D eigenvalue weighted by atomic mass is 9.95. The molecular formula is C24H26BrN5O3. The Hall–Kier alpha value is -3.20. The molecule has 3 aromatic rings. The normalized spacial score (nSPS) is 15.2. The zero-order chi connectivity index (χ0) is 23.2. The van der Waals surface area contributed by atoms with Crippen LogP contribution in [0.2, 0.25) is 0 Å². The molecule has 1 fully saturated rings. The van der Waals surface area contributed by atoms with Gasteiger partial charge in [0, 0.05) is 48.8 Å².